The monoisotopic (exact) mass is 304 g/mol. The summed E-state index contributed by atoms with van der Waals surface area (Å²) in [6.07, 6.45) is -2.18. The first kappa shape index (κ1) is 14.0. The third-order valence-corrected chi connectivity index (χ3v) is 4.58. The van der Waals surface area contributed by atoms with Gasteiger partial charge in [-0.1, -0.05) is 11.6 Å². The van der Waals surface area contributed by atoms with Crippen molar-refractivity contribution < 1.29 is 13.2 Å². The lowest BCUT2D eigenvalue weighted by Crippen LogP contribution is -2.39. The summed E-state index contributed by atoms with van der Waals surface area (Å²) in [5, 5.41) is 3.47. The van der Waals surface area contributed by atoms with E-state index in [4.69, 9.17) is 11.6 Å². The van der Waals surface area contributed by atoms with Crippen molar-refractivity contribution in [2.45, 2.75) is 25.1 Å². The maximum absolute atomic E-state index is 12.6. The van der Waals surface area contributed by atoms with Crippen molar-refractivity contribution in [2.75, 3.05) is 25.0 Å². The van der Waals surface area contributed by atoms with Crippen molar-refractivity contribution in [1.82, 2.24) is 4.90 Å². The molecule has 0 amide bonds. The molecule has 1 N–H and O–H groups in total. The van der Waals surface area contributed by atoms with Gasteiger partial charge in [0.15, 0.2) is 0 Å². The lowest BCUT2D eigenvalue weighted by Gasteiger charge is -2.32. The molecule has 110 valence electrons. The van der Waals surface area contributed by atoms with Crippen molar-refractivity contribution >= 4 is 17.3 Å². The number of piperidine rings is 1. The number of nitrogens with one attached hydrogen (secondary N) is 1. The van der Waals surface area contributed by atoms with Crippen LogP contribution in [0.2, 0.25) is 5.02 Å². The number of benzene rings is 1. The smallest absolute Gasteiger partial charge is 0.381 e. The van der Waals surface area contributed by atoms with E-state index in [1.807, 2.05) is 0 Å². The molecular weight excluding hydrogens is 289 g/mol. The largest absolute Gasteiger partial charge is 0.416 e. The topological polar surface area (TPSA) is 15.3 Å². The predicted molar refractivity (Wildman–Crippen MR) is 73.0 cm³/mol. The quantitative estimate of drug-likeness (QED) is 0.892. The van der Waals surface area contributed by atoms with E-state index in [-0.39, 0.29) is 5.02 Å². The molecule has 1 aromatic carbocycles. The molecule has 0 aromatic heterocycles. The van der Waals surface area contributed by atoms with Crippen LogP contribution in [0.25, 0.3) is 0 Å². The first-order valence-electron chi connectivity index (χ1n) is 6.79. The fourth-order valence-corrected chi connectivity index (χ4v) is 3.38. The first-order chi connectivity index (χ1) is 9.43. The van der Waals surface area contributed by atoms with E-state index in [9.17, 15) is 13.2 Å². The molecule has 2 bridgehead atoms. The van der Waals surface area contributed by atoms with Gasteiger partial charge in [0.25, 0.3) is 0 Å². The third kappa shape index (κ3) is 2.74. The second-order valence-electron chi connectivity index (χ2n) is 5.58. The van der Waals surface area contributed by atoms with Gasteiger partial charge in [-0.2, -0.15) is 13.2 Å². The highest BCUT2D eigenvalue weighted by atomic mass is 35.5. The van der Waals surface area contributed by atoms with Gasteiger partial charge in [-0.05, 0) is 43.5 Å². The van der Waals surface area contributed by atoms with E-state index in [1.165, 1.54) is 6.07 Å². The lowest BCUT2D eigenvalue weighted by molar-refractivity contribution is -0.137. The van der Waals surface area contributed by atoms with Gasteiger partial charge >= 0.3 is 6.18 Å². The third-order valence-electron chi connectivity index (χ3n) is 4.27. The predicted octanol–water partition coefficient (Wildman–Crippen LogP) is 3.86. The lowest BCUT2D eigenvalue weighted by atomic mass is 9.94. The van der Waals surface area contributed by atoms with Gasteiger partial charge in [-0.15, -0.1) is 0 Å². The van der Waals surface area contributed by atoms with Crippen LogP contribution in [0.1, 0.15) is 18.4 Å². The van der Waals surface area contributed by atoms with Crippen molar-refractivity contribution in [2.24, 2.45) is 5.92 Å². The number of rotatable bonds is 2. The Balaban J connectivity index is 1.74. The van der Waals surface area contributed by atoms with Gasteiger partial charge in [0.1, 0.15) is 0 Å². The molecule has 2 fully saturated rings. The van der Waals surface area contributed by atoms with E-state index in [2.05, 4.69) is 10.2 Å². The second kappa shape index (κ2) is 5.11. The Labute approximate surface area is 120 Å². The van der Waals surface area contributed by atoms with Crippen molar-refractivity contribution in [3.8, 4) is 0 Å². The van der Waals surface area contributed by atoms with Crippen LogP contribution in [-0.4, -0.2) is 30.6 Å². The SMILES string of the molecule is FC(F)(F)c1ccc(NC2CCN3CCC2C3)c(Cl)c1. The molecule has 0 radical (unpaired) electrons. The number of alkyl halides is 3. The van der Waals surface area contributed by atoms with Crippen LogP contribution in [0.15, 0.2) is 18.2 Å². The fourth-order valence-electron chi connectivity index (χ4n) is 3.15. The summed E-state index contributed by atoms with van der Waals surface area (Å²) in [6, 6.07) is 3.82. The van der Waals surface area contributed by atoms with Gasteiger partial charge in [-0.25, -0.2) is 0 Å². The zero-order valence-electron chi connectivity index (χ0n) is 10.9. The van der Waals surface area contributed by atoms with E-state index in [0.29, 0.717) is 17.6 Å². The van der Waals surface area contributed by atoms with Gasteiger partial charge in [0, 0.05) is 19.1 Å². The molecule has 2 heterocycles. The Morgan fingerprint density at radius 3 is 2.65 bits per heavy atom. The number of halogens is 4. The number of nitrogens with zero attached hydrogens (tertiary/aromatic N) is 1. The van der Waals surface area contributed by atoms with Gasteiger partial charge in [0.2, 0.25) is 0 Å². The molecule has 0 spiro atoms. The maximum Gasteiger partial charge on any atom is 0.416 e. The molecule has 2 aliphatic rings. The molecule has 0 saturated carbocycles. The van der Waals surface area contributed by atoms with Gasteiger partial charge < -0.3 is 10.2 Å². The highest BCUT2D eigenvalue weighted by molar-refractivity contribution is 6.33. The zero-order valence-corrected chi connectivity index (χ0v) is 11.6. The molecular formula is C14H16ClF3N2. The second-order valence-corrected chi connectivity index (χ2v) is 5.99. The highest BCUT2D eigenvalue weighted by Crippen LogP contribution is 2.35. The van der Waals surface area contributed by atoms with Crippen LogP contribution < -0.4 is 5.32 Å². The molecule has 3 unspecified atom stereocenters. The molecule has 20 heavy (non-hydrogen) atoms. The molecule has 3 rings (SSSR count). The number of anilines is 1. The Morgan fingerprint density at radius 1 is 1.20 bits per heavy atom. The number of hydrogen-bond acceptors (Lipinski definition) is 2. The molecule has 6 heteroatoms. The minimum atomic E-state index is -4.35. The Bertz CT molecular complexity index is 504. The molecule has 2 saturated heterocycles. The van der Waals surface area contributed by atoms with Crippen molar-refractivity contribution in [3.63, 3.8) is 0 Å². The van der Waals surface area contributed by atoms with Crippen molar-refractivity contribution in [1.29, 1.82) is 0 Å². The van der Waals surface area contributed by atoms with E-state index in [0.717, 1.165) is 44.6 Å². The summed E-state index contributed by atoms with van der Waals surface area (Å²) in [7, 11) is 0. The first-order valence-corrected chi connectivity index (χ1v) is 7.17. The zero-order chi connectivity index (χ0) is 14.3. The fraction of sp³-hybridized carbons (Fsp3) is 0.571. The summed E-state index contributed by atoms with van der Waals surface area (Å²) in [5.41, 5.74) is -0.103. The van der Waals surface area contributed by atoms with Gasteiger partial charge in [0.05, 0.1) is 16.3 Å². The minimum absolute atomic E-state index is 0.139. The summed E-state index contributed by atoms with van der Waals surface area (Å²) in [4.78, 5) is 2.43. The molecule has 1 aromatic rings. The van der Waals surface area contributed by atoms with Gasteiger partial charge in [-0.3, -0.25) is 0 Å². The molecule has 2 aliphatic heterocycles. The summed E-state index contributed by atoms with van der Waals surface area (Å²) in [6.45, 7) is 3.26. The maximum atomic E-state index is 12.6. The average Bonchev–Trinajstić information content (AvgIpc) is 2.76. The number of fused-ring (bicyclic) bond motifs is 2. The van der Waals surface area contributed by atoms with E-state index in [1.54, 1.807) is 0 Å². The Kier molecular flexibility index (Phi) is 3.58. The normalized spacial score (nSPS) is 29.5. The number of hydrogen-bond donors (Lipinski definition) is 1. The highest BCUT2D eigenvalue weighted by Gasteiger charge is 2.35. The van der Waals surface area contributed by atoms with E-state index < -0.39 is 11.7 Å². The Morgan fingerprint density at radius 2 is 1.95 bits per heavy atom. The summed E-state index contributed by atoms with van der Waals surface area (Å²) in [5.74, 6) is 0.571. The van der Waals surface area contributed by atoms with Crippen molar-refractivity contribution in [3.05, 3.63) is 28.8 Å². The summed E-state index contributed by atoms with van der Waals surface area (Å²) < 4.78 is 37.8. The standard InChI is InChI=1S/C14H16ClF3N2/c15-11-7-10(14(16,17)18)1-2-13(11)19-12-4-6-20-5-3-9(12)8-20/h1-2,7,9,12,19H,3-6,8H2. The molecule has 0 aliphatic carbocycles. The van der Waals surface area contributed by atoms with Crippen LogP contribution in [0.3, 0.4) is 0 Å². The van der Waals surface area contributed by atoms with Crippen LogP contribution in [0.4, 0.5) is 18.9 Å². The van der Waals surface area contributed by atoms with Crippen LogP contribution in [-0.2, 0) is 6.18 Å². The Hall–Kier alpha value is -0.940. The van der Waals surface area contributed by atoms with E-state index >= 15 is 0 Å². The van der Waals surface area contributed by atoms with Crippen LogP contribution in [0, 0.1) is 5.92 Å². The minimum Gasteiger partial charge on any atom is -0.381 e. The summed E-state index contributed by atoms with van der Waals surface area (Å²) >= 11 is 5.98. The van der Waals surface area contributed by atoms with Crippen LogP contribution in [0.5, 0.6) is 0 Å². The molecule has 3 atom stereocenters. The van der Waals surface area contributed by atoms with Crippen LogP contribution >= 0.6 is 11.6 Å². The average molecular weight is 305 g/mol. The molecule has 2 nitrogen and oxygen atoms in total.